The SMILES string of the molecule is CC(N)Cc1cccc(OCc2ccc(Cl)cc2Cl)c1. The second-order valence-corrected chi connectivity index (χ2v) is 5.70. The second kappa shape index (κ2) is 6.98. The molecule has 0 bridgehead atoms. The van der Waals surface area contributed by atoms with E-state index in [9.17, 15) is 0 Å². The van der Waals surface area contributed by atoms with E-state index in [1.54, 1.807) is 12.1 Å². The number of hydrogen-bond acceptors (Lipinski definition) is 2. The van der Waals surface area contributed by atoms with Gasteiger partial charge in [0.15, 0.2) is 0 Å². The highest BCUT2D eigenvalue weighted by atomic mass is 35.5. The van der Waals surface area contributed by atoms with Gasteiger partial charge in [-0.2, -0.15) is 0 Å². The van der Waals surface area contributed by atoms with E-state index in [0.29, 0.717) is 16.7 Å². The molecule has 2 N–H and O–H groups in total. The van der Waals surface area contributed by atoms with Crippen LogP contribution in [0.15, 0.2) is 42.5 Å². The summed E-state index contributed by atoms with van der Waals surface area (Å²) in [6.07, 6.45) is 0.832. The molecule has 106 valence electrons. The van der Waals surface area contributed by atoms with Gasteiger partial charge in [0.1, 0.15) is 12.4 Å². The van der Waals surface area contributed by atoms with Crippen LogP contribution in [0.4, 0.5) is 0 Å². The molecule has 0 radical (unpaired) electrons. The fraction of sp³-hybridized carbons (Fsp3) is 0.250. The van der Waals surface area contributed by atoms with Gasteiger partial charge in [-0.25, -0.2) is 0 Å². The summed E-state index contributed by atoms with van der Waals surface area (Å²) in [4.78, 5) is 0. The van der Waals surface area contributed by atoms with Gasteiger partial charge in [-0.3, -0.25) is 0 Å². The zero-order chi connectivity index (χ0) is 14.5. The van der Waals surface area contributed by atoms with Gasteiger partial charge >= 0.3 is 0 Å². The lowest BCUT2D eigenvalue weighted by molar-refractivity contribution is 0.306. The fourth-order valence-corrected chi connectivity index (χ4v) is 2.40. The standard InChI is InChI=1S/C16H17Cl2NO/c1-11(19)7-12-3-2-4-15(8-12)20-10-13-5-6-14(17)9-16(13)18/h2-6,8-9,11H,7,10,19H2,1H3. The van der Waals surface area contributed by atoms with Gasteiger partial charge in [-0.05, 0) is 43.2 Å². The lowest BCUT2D eigenvalue weighted by Crippen LogP contribution is -2.17. The summed E-state index contributed by atoms with van der Waals surface area (Å²) in [6, 6.07) is 13.5. The number of hydrogen-bond donors (Lipinski definition) is 1. The third-order valence-electron chi connectivity index (χ3n) is 2.87. The second-order valence-electron chi connectivity index (χ2n) is 4.85. The maximum absolute atomic E-state index is 6.11. The van der Waals surface area contributed by atoms with Crippen LogP contribution < -0.4 is 10.5 Å². The lowest BCUT2D eigenvalue weighted by Gasteiger charge is -2.10. The Hall–Kier alpha value is -1.22. The van der Waals surface area contributed by atoms with E-state index < -0.39 is 0 Å². The Morgan fingerprint density at radius 3 is 2.65 bits per heavy atom. The van der Waals surface area contributed by atoms with Crippen LogP contribution in [0.25, 0.3) is 0 Å². The molecular formula is C16H17Cl2NO. The van der Waals surface area contributed by atoms with Crippen LogP contribution in [0, 0.1) is 0 Å². The van der Waals surface area contributed by atoms with E-state index in [-0.39, 0.29) is 6.04 Å². The first-order valence-corrected chi connectivity index (χ1v) is 7.21. The van der Waals surface area contributed by atoms with E-state index in [1.165, 1.54) is 5.56 Å². The topological polar surface area (TPSA) is 35.2 Å². The normalized spacial score (nSPS) is 12.2. The van der Waals surface area contributed by atoms with Crippen molar-refractivity contribution in [2.75, 3.05) is 0 Å². The van der Waals surface area contributed by atoms with Crippen molar-refractivity contribution in [3.8, 4) is 5.75 Å². The fourth-order valence-electron chi connectivity index (χ4n) is 1.93. The molecule has 0 aliphatic heterocycles. The summed E-state index contributed by atoms with van der Waals surface area (Å²) in [5.74, 6) is 0.814. The lowest BCUT2D eigenvalue weighted by atomic mass is 10.1. The molecule has 2 nitrogen and oxygen atoms in total. The first kappa shape index (κ1) is 15.2. The minimum absolute atomic E-state index is 0.135. The Labute approximate surface area is 129 Å². The summed E-state index contributed by atoms with van der Waals surface area (Å²) < 4.78 is 5.77. The average molecular weight is 310 g/mol. The van der Waals surface area contributed by atoms with Gasteiger partial charge in [-0.15, -0.1) is 0 Å². The van der Waals surface area contributed by atoms with Crippen molar-refractivity contribution < 1.29 is 4.74 Å². The van der Waals surface area contributed by atoms with E-state index in [1.807, 2.05) is 37.3 Å². The number of rotatable bonds is 5. The van der Waals surface area contributed by atoms with Crippen LogP contribution in [-0.2, 0) is 13.0 Å². The first-order chi connectivity index (χ1) is 9.54. The van der Waals surface area contributed by atoms with Crippen molar-refractivity contribution in [3.05, 3.63) is 63.6 Å². The van der Waals surface area contributed by atoms with Crippen LogP contribution in [0.1, 0.15) is 18.1 Å². The van der Waals surface area contributed by atoms with Crippen LogP contribution >= 0.6 is 23.2 Å². The molecule has 0 aromatic heterocycles. The third kappa shape index (κ3) is 4.41. The highest BCUT2D eigenvalue weighted by Gasteiger charge is 2.04. The van der Waals surface area contributed by atoms with Crippen LogP contribution in [0.5, 0.6) is 5.75 Å². The Balaban J connectivity index is 2.03. The number of ether oxygens (including phenoxy) is 1. The molecule has 0 aliphatic carbocycles. The van der Waals surface area contributed by atoms with Gasteiger partial charge in [-0.1, -0.05) is 41.4 Å². The Morgan fingerprint density at radius 1 is 1.15 bits per heavy atom. The monoisotopic (exact) mass is 309 g/mol. The molecule has 2 aromatic carbocycles. The van der Waals surface area contributed by atoms with E-state index >= 15 is 0 Å². The van der Waals surface area contributed by atoms with Gasteiger partial charge < -0.3 is 10.5 Å². The molecule has 0 saturated carbocycles. The molecule has 1 unspecified atom stereocenters. The maximum atomic E-state index is 6.11. The van der Waals surface area contributed by atoms with E-state index in [2.05, 4.69) is 0 Å². The van der Waals surface area contributed by atoms with Gasteiger partial charge in [0.25, 0.3) is 0 Å². The zero-order valence-electron chi connectivity index (χ0n) is 11.3. The maximum Gasteiger partial charge on any atom is 0.120 e. The first-order valence-electron chi connectivity index (χ1n) is 6.46. The highest BCUT2D eigenvalue weighted by molar-refractivity contribution is 6.35. The molecule has 2 rings (SSSR count). The van der Waals surface area contributed by atoms with Gasteiger partial charge in [0.2, 0.25) is 0 Å². The van der Waals surface area contributed by atoms with Crippen LogP contribution in [0.2, 0.25) is 10.0 Å². The summed E-state index contributed by atoms with van der Waals surface area (Å²) in [5, 5.41) is 1.24. The number of halogens is 2. The van der Waals surface area contributed by atoms with Gasteiger partial charge in [0.05, 0.1) is 0 Å². The predicted molar refractivity (Wildman–Crippen MR) is 84.6 cm³/mol. The molecule has 4 heteroatoms. The molecular weight excluding hydrogens is 293 g/mol. The molecule has 2 aromatic rings. The average Bonchev–Trinajstić information content (AvgIpc) is 2.37. The molecule has 0 heterocycles. The van der Waals surface area contributed by atoms with Crippen molar-refractivity contribution in [1.29, 1.82) is 0 Å². The molecule has 20 heavy (non-hydrogen) atoms. The number of benzene rings is 2. The zero-order valence-corrected chi connectivity index (χ0v) is 12.8. The summed E-state index contributed by atoms with van der Waals surface area (Å²) in [5.41, 5.74) is 7.88. The Kier molecular flexibility index (Phi) is 5.30. The van der Waals surface area contributed by atoms with Crippen LogP contribution in [-0.4, -0.2) is 6.04 Å². The van der Waals surface area contributed by atoms with E-state index in [4.69, 9.17) is 33.7 Å². The smallest absolute Gasteiger partial charge is 0.120 e. The quantitative estimate of drug-likeness (QED) is 0.885. The van der Waals surface area contributed by atoms with Crippen molar-refractivity contribution >= 4 is 23.2 Å². The molecule has 0 amide bonds. The van der Waals surface area contributed by atoms with E-state index in [0.717, 1.165) is 17.7 Å². The highest BCUT2D eigenvalue weighted by Crippen LogP contribution is 2.23. The Morgan fingerprint density at radius 2 is 1.95 bits per heavy atom. The minimum atomic E-state index is 0.135. The molecule has 1 atom stereocenters. The molecule has 0 saturated heterocycles. The van der Waals surface area contributed by atoms with Gasteiger partial charge in [0, 0.05) is 21.7 Å². The Bertz CT molecular complexity index is 584. The summed E-state index contributed by atoms with van der Waals surface area (Å²) in [7, 11) is 0. The summed E-state index contributed by atoms with van der Waals surface area (Å²) >= 11 is 12.0. The molecule has 0 fully saturated rings. The van der Waals surface area contributed by atoms with Crippen molar-refractivity contribution in [2.24, 2.45) is 5.73 Å². The van der Waals surface area contributed by atoms with Crippen molar-refractivity contribution in [1.82, 2.24) is 0 Å². The minimum Gasteiger partial charge on any atom is -0.489 e. The van der Waals surface area contributed by atoms with Crippen LogP contribution in [0.3, 0.4) is 0 Å². The van der Waals surface area contributed by atoms with Crippen molar-refractivity contribution in [2.45, 2.75) is 26.0 Å². The predicted octanol–water partition coefficient (Wildman–Crippen LogP) is 4.46. The molecule has 0 aliphatic rings. The summed E-state index contributed by atoms with van der Waals surface area (Å²) in [6.45, 7) is 2.40. The van der Waals surface area contributed by atoms with Crippen molar-refractivity contribution in [3.63, 3.8) is 0 Å². The number of nitrogens with two attached hydrogens (primary N) is 1. The third-order valence-corrected chi connectivity index (χ3v) is 3.45. The largest absolute Gasteiger partial charge is 0.489 e. The molecule has 0 spiro atoms.